The van der Waals surface area contributed by atoms with Crippen molar-refractivity contribution in [2.75, 3.05) is 13.2 Å². The van der Waals surface area contributed by atoms with Crippen molar-refractivity contribution < 1.29 is 28.6 Å². The summed E-state index contributed by atoms with van der Waals surface area (Å²) in [5, 5.41) is 0. The van der Waals surface area contributed by atoms with Crippen molar-refractivity contribution in [1.82, 2.24) is 0 Å². The zero-order valence-corrected chi connectivity index (χ0v) is 41.1. The molecule has 0 aliphatic rings. The minimum atomic E-state index is -0.762. The molecule has 0 aromatic heterocycles. The molecule has 1 atom stereocenters. The third-order valence-electron chi connectivity index (χ3n) is 12.2. The van der Waals surface area contributed by atoms with Crippen LogP contribution >= 0.6 is 0 Å². The Balaban J connectivity index is 4.30. The number of ether oxygens (including phenoxy) is 3. The maximum Gasteiger partial charge on any atom is 0.306 e. The monoisotopic (exact) mass is 849 g/mol. The van der Waals surface area contributed by atoms with Crippen LogP contribution in [0.5, 0.6) is 0 Å². The fourth-order valence-corrected chi connectivity index (χ4v) is 8.17. The summed E-state index contributed by atoms with van der Waals surface area (Å²) < 4.78 is 16.8. The molecule has 0 saturated heterocycles. The molecule has 60 heavy (non-hydrogen) atoms. The van der Waals surface area contributed by atoms with Gasteiger partial charge >= 0.3 is 17.9 Å². The Labute approximate surface area is 374 Å². The molecule has 0 spiro atoms. The van der Waals surface area contributed by atoms with Crippen molar-refractivity contribution in [3.05, 3.63) is 0 Å². The summed E-state index contributed by atoms with van der Waals surface area (Å²) >= 11 is 0. The van der Waals surface area contributed by atoms with Crippen LogP contribution in [-0.2, 0) is 28.6 Å². The Hall–Kier alpha value is -1.59. The summed E-state index contributed by atoms with van der Waals surface area (Å²) in [6.07, 6.45) is 48.0. The molecule has 0 heterocycles. The molecule has 0 aliphatic carbocycles. The predicted octanol–water partition coefficient (Wildman–Crippen LogP) is 17.3. The normalized spacial score (nSPS) is 12.1. The van der Waals surface area contributed by atoms with Crippen LogP contribution in [0.15, 0.2) is 0 Å². The van der Waals surface area contributed by atoms with Crippen LogP contribution in [0.25, 0.3) is 0 Å². The zero-order chi connectivity index (χ0) is 44.0. The minimum absolute atomic E-state index is 0.0635. The van der Waals surface area contributed by atoms with Crippen molar-refractivity contribution in [3.8, 4) is 0 Å². The van der Waals surface area contributed by atoms with Crippen molar-refractivity contribution in [2.24, 2.45) is 11.8 Å². The summed E-state index contributed by atoms with van der Waals surface area (Å²) in [7, 11) is 0. The van der Waals surface area contributed by atoms with Gasteiger partial charge in [-0.2, -0.15) is 0 Å². The van der Waals surface area contributed by atoms with E-state index in [0.717, 1.165) is 69.6 Å². The van der Waals surface area contributed by atoms with Gasteiger partial charge in [-0.3, -0.25) is 14.4 Å². The fraction of sp³-hybridized carbons (Fsp3) is 0.944. The zero-order valence-electron chi connectivity index (χ0n) is 41.1. The molecule has 6 heteroatoms. The molecule has 0 rings (SSSR count). The largest absolute Gasteiger partial charge is 0.462 e. The number of hydrogen-bond donors (Lipinski definition) is 0. The predicted molar refractivity (Wildman–Crippen MR) is 256 cm³/mol. The van der Waals surface area contributed by atoms with Crippen molar-refractivity contribution in [3.63, 3.8) is 0 Å². The van der Waals surface area contributed by atoms with E-state index in [-0.39, 0.29) is 31.1 Å². The minimum Gasteiger partial charge on any atom is -0.462 e. The molecule has 0 aromatic rings. The number of rotatable bonds is 48. The van der Waals surface area contributed by atoms with Crippen molar-refractivity contribution in [2.45, 2.75) is 304 Å². The number of carbonyl (C=O) groups is 3. The van der Waals surface area contributed by atoms with Crippen LogP contribution in [0.4, 0.5) is 0 Å². The topological polar surface area (TPSA) is 78.9 Å². The summed E-state index contributed by atoms with van der Waals surface area (Å²) in [5.41, 5.74) is 0. The third-order valence-corrected chi connectivity index (χ3v) is 12.2. The van der Waals surface area contributed by atoms with E-state index in [1.807, 2.05) is 0 Å². The molecule has 0 aromatic carbocycles. The lowest BCUT2D eigenvalue weighted by Crippen LogP contribution is -2.30. The molecule has 0 unspecified atom stereocenters. The number of hydrogen-bond acceptors (Lipinski definition) is 6. The number of esters is 3. The molecular weight excluding hydrogens is 745 g/mol. The molecule has 0 saturated carbocycles. The van der Waals surface area contributed by atoms with Crippen molar-refractivity contribution >= 4 is 17.9 Å². The first-order chi connectivity index (χ1) is 29.2. The maximum atomic E-state index is 12.8. The lowest BCUT2D eigenvalue weighted by atomic mass is 10.0. The Kier molecular flexibility index (Phi) is 45.7. The lowest BCUT2D eigenvalue weighted by Gasteiger charge is -2.18. The van der Waals surface area contributed by atoms with Gasteiger partial charge in [0.15, 0.2) is 6.10 Å². The average molecular weight is 849 g/mol. The van der Waals surface area contributed by atoms with Gasteiger partial charge in [-0.05, 0) is 31.1 Å². The highest BCUT2D eigenvalue weighted by Crippen LogP contribution is 2.17. The van der Waals surface area contributed by atoms with E-state index >= 15 is 0 Å². The van der Waals surface area contributed by atoms with Crippen LogP contribution in [0.2, 0.25) is 0 Å². The molecular formula is C54H104O6. The third kappa shape index (κ3) is 47.5. The second-order valence-corrected chi connectivity index (χ2v) is 19.5. The standard InChI is InChI=1S/C54H104O6/c1-6-7-8-9-10-11-12-13-16-20-25-31-36-41-46-54(57)60-51(48-59-53(56)45-40-35-30-26-21-23-28-33-38-43-50(4)5)47-58-52(55)44-39-34-29-24-19-17-14-15-18-22-27-32-37-42-49(2)3/h49-51H,6-48H2,1-5H3/t51-/m0/s1. The lowest BCUT2D eigenvalue weighted by molar-refractivity contribution is -0.167. The van der Waals surface area contributed by atoms with Crippen LogP contribution in [0.3, 0.4) is 0 Å². The molecule has 6 nitrogen and oxygen atoms in total. The van der Waals surface area contributed by atoms with Gasteiger partial charge in [-0.25, -0.2) is 0 Å². The first-order valence-corrected chi connectivity index (χ1v) is 26.7. The maximum absolute atomic E-state index is 12.8. The van der Waals surface area contributed by atoms with Crippen LogP contribution in [0, 0.1) is 11.8 Å². The number of unbranched alkanes of at least 4 members (excludes halogenated alkanes) is 33. The van der Waals surface area contributed by atoms with Gasteiger partial charge in [0.25, 0.3) is 0 Å². The molecule has 0 N–H and O–H groups in total. The smallest absolute Gasteiger partial charge is 0.306 e. The summed E-state index contributed by atoms with van der Waals surface area (Å²) in [4.78, 5) is 38.0. The Morgan fingerprint density at radius 2 is 0.550 bits per heavy atom. The number of carbonyl (C=O) groups excluding carboxylic acids is 3. The highest BCUT2D eigenvalue weighted by molar-refractivity contribution is 5.71. The van der Waals surface area contributed by atoms with E-state index < -0.39 is 6.10 Å². The average Bonchev–Trinajstić information content (AvgIpc) is 3.22. The van der Waals surface area contributed by atoms with E-state index in [4.69, 9.17) is 14.2 Å². The highest BCUT2D eigenvalue weighted by atomic mass is 16.6. The van der Waals surface area contributed by atoms with Crippen molar-refractivity contribution in [1.29, 1.82) is 0 Å². The van der Waals surface area contributed by atoms with Gasteiger partial charge in [-0.15, -0.1) is 0 Å². The Morgan fingerprint density at radius 3 is 0.817 bits per heavy atom. The van der Waals surface area contributed by atoms with Crippen LogP contribution in [0.1, 0.15) is 298 Å². The second kappa shape index (κ2) is 46.9. The molecule has 0 fully saturated rings. The van der Waals surface area contributed by atoms with Gasteiger partial charge in [-0.1, -0.05) is 259 Å². The van der Waals surface area contributed by atoms with Gasteiger partial charge < -0.3 is 14.2 Å². The van der Waals surface area contributed by atoms with E-state index in [1.54, 1.807) is 0 Å². The molecule has 0 bridgehead atoms. The van der Waals surface area contributed by atoms with E-state index in [9.17, 15) is 14.4 Å². The fourth-order valence-electron chi connectivity index (χ4n) is 8.17. The quantitative estimate of drug-likeness (QED) is 0.0345. The SMILES string of the molecule is CCCCCCCCCCCCCCCCC(=O)O[C@@H](COC(=O)CCCCCCCCCCCCCCCC(C)C)COC(=O)CCCCCCCCCCCC(C)C. The first kappa shape index (κ1) is 58.4. The molecule has 0 aliphatic heterocycles. The molecule has 0 radical (unpaired) electrons. The highest BCUT2D eigenvalue weighted by Gasteiger charge is 2.19. The van der Waals surface area contributed by atoms with Gasteiger partial charge in [0, 0.05) is 19.3 Å². The van der Waals surface area contributed by atoms with Crippen LogP contribution < -0.4 is 0 Å². The Morgan fingerprint density at radius 1 is 0.317 bits per heavy atom. The van der Waals surface area contributed by atoms with E-state index in [2.05, 4.69) is 34.6 Å². The summed E-state index contributed by atoms with van der Waals surface area (Å²) in [6.45, 7) is 11.4. The summed E-state index contributed by atoms with van der Waals surface area (Å²) in [5.74, 6) is 0.802. The molecule has 356 valence electrons. The van der Waals surface area contributed by atoms with Gasteiger partial charge in [0.1, 0.15) is 13.2 Å². The van der Waals surface area contributed by atoms with E-state index in [1.165, 1.54) is 186 Å². The van der Waals surface area contributed by atoms with E-state index in [0.29, 0.717) is 19.3 Å². The van der Waals surface area contributed by atoms with Gasteiger partial charge in [0.2, 0.25) is 0 Å². The van der Waals surface area contributed by atoms with Gasteiger partial charge in [0.05, 0.1) is 0 Å². The van der Waals surface area contributed by atoms with Crippen LogP contribution in [-0.4, -0.2) is 37.2 Å². The second-order valence-electron chi connectivity index (χ2n) is 19.5. The summed E-state index contributed by atoms with van der Waals surface area (Å²) in [6, 6.07) is 0. The molecule has 0 amide bonds. The Bertz CT molecular complexity index is 916. The first-order valence-electron chi connectivity index (χ1n) is 26.7.